The highest BCUT2D eigenvalue weighted by Gasteiger charge is 2.58. The van der Waals surface area contributed by atoms with Gasteiger partial charge in [-0.3, -0.25) is 4.90 Å². The van der Waals surface area contributed by atoms with Crippen LogP contribution in [0.1, 0.15) is 41.0 Å². The molecule has 0 saturated carbocycles. The Morgan fingerprint density at radius 1 is 1.15 bits per heavy atom. The fourth-order valence-corrected chi connectivity index (χ4v) is 6.82. The lowest BCUT2D eigenvalue weighted by molar-refractivity contribution is -0.881. The van der Waals surface area contributed by atoms with Crippen molar-refractivity contribution in [1.82, 2.24) is 4.90 Å². The molecule has 0 bridgehead atoms. The van der Waals surface area contributed by atoms with Crippen molar-refractivity contribution in [2.45, 2.75) is 52.7 Å². The van der Waals surface area contributed by atoms with Crippen molar-refractivity contribution in [3.8, 4) is 0 Å². The lowest BCUT2D eigenvalue weighted by Gasteiger charge is -2.45. The Bertz CT molecular complexity index is 305. The maximum atomic E-state index is 12.6. The van der Waals surface area contributed by atoms with Crippen molar-refractivity contribution in [3.05, 3.63) is 0 Å². The van der Waals surface area contributed by atoms with E-state index in [4.69, 9.17) is 8.85 Å². The number of carbonyl (C=O) groups excluding carboxylic acids is 1. The summed E-state index contributed by atoms with van der Waals surface area (Å²) in [5.41, 5.74) is 0.250. The fraction of sp³-hybridized carbons (Fsp3) is 0.929. The van der Waals surface area contributed by atoms with Gasteiger partial charge in [0, 0.05) is 26.3 Å². The molecule has 118 valence electrons. The van der Waals surface area contributed by atoms with Gasteiger partial charge in [-0.1, -0.05) is 6.92 Å². The van der Waals surface area contributed by atoms with E-state index >= 15 is 0 Å². The maximum Gasteiger partial charge on any atom is 0.417 e. The Hall–Kier alpha value is -0.433. The molecule has 1 rings (SSSR count). The Labute approximate surface area is 124 Å². The van der Waals surface area contributed by atoms with E-state index < -0.39 is 8.56 Å². The molecule has 6 heteroatoms. The van der Waals surface area contributed by atoms with Crippen LogP contribution in [-0.2, 0) is 8.85 Å². The third-order valence-corrected chi connectivity index (χ3v) is 8.49. The third kappa shape index (κ3) is 3.42. The monoisotopic (exact) mass is 303 g/mol. The van der Waals surface area contributed by atoms with E-state index in [1.807, 2.05) is 32.6 Å². The van der Waals surface area contributed by atoms with Crippen molar-refractivity contribution >= 4 is 14.6 Å². The molecular formula is C14H31N2O3Si+. The largest absolute Gasteiger partial charge is 0.417 e. The molecule has 2 amide bonds. The van der Waals surface area contributed by atoms with Crippen molar-refractivity contribution in [1.29, 1.82) is 0 Å². The summed E-state index contributed by atoms with van der Waals surface area (Å²) in [7, 11) is -2.27. The summed E-state index contributed by atoms with van der Waals surface area (Å²) in [6.07, 6.45) is 1.04. The Balaban J connectivity index is 2.84. The van der Waals surface area contributed by atoms with Gasteiger partial charge in [-0.25, -0.2) is 9.69 Å². The summed E-state index contributed by atoms with van der Waals surface area (Å²) in [5, 5.41) is 0. The average Bonchev–Trinajstić information content (AvgIpc) is 2.39. The van der Waals surface area contributed by atoms with Crippen molar-refractivity contribution in [2.75, 3.05) is 32.8 Å². The van der Waals surface area contributed by atoms with Crippen LogP contribution in [-0.4, -0.2) is 58.0 Å². The summed E-state index contributed by atoms with van der Waals surface area (Å²) in [5.74, 6) is 0. The molecule has 0 aromatic carbocycles. The highest BCUT2D eigenvalue weighted by atomic mass is 28.4. The van der Waals surface area contributed by atoms with Crippen molar-refractivity contribution in [2.24, 2.45) is 0 Å². The number of quaternary nitrogens is 1. The molecule has 0 radical (unpaired) electrons. The number of likely N-dealkylation sites (tertiary alicyclic amines) is 1. The number of hydrogen-bond donors (Lipinski definition) is 1. The zero-order valence-electron chi connectivity index (χ0n) is 13.7. The van der Waals surface area contributed by atoms with Crippen LogP contribution in [0, 0.1) is 0 Å². The molecule has 0 aromatic heterocycles. The van der Waals surface area contributed by atoms with Crippen LogP contribution < -0.4 is 4.90 Å². The summed E-state index contributed by atoms with van der Waals surface area (Å²) in [6, 6.07) is 1.13. The smallest absolute Gasteiger partial charge is 0.391 e. The van der Waals surface area contributed by atoms with Crippen LogP contribution in [0.2, 0.25) is 6.04 Å². The summed E-state index contributed by atoms with van der Waals surface area (Å²) in [4.78, 5) is 15.5. The molecule has 2 atom stereocenters. The molecule has 0 aromatic rings. The van der Waals surface area contributed by atoms with Crippen molar-refractivity contribution < 1.29 is 18.5 Å². The summed E-state index contributed by atoms with van der Waals surface area (Å²) < 4.78 is 12.2. The number of carbonyl (C=O) groups is 1. The first-order valence-electron chi connectivity index (χ1n) is 8.02. The van der Waals surface area contributed by atoms with Gasteiger partial charge >= 0.3 is 14.6 Å². The predicted octanol–water partition coefficient (Wildman–Crippen LogP) is 1.18. The molecule has 5 nitrogen and oxygen atoms in total. The Morgan fingerprint density at radius 2 is 1.70 bits per heavy atom. The van der Waals surface area contributed by atoms with E-state index in [0.29, 0.717) is 13.2 Å². The maximum absolute atomic E-state index is 12.6. The molecule has 1 aliphatic rings. The van der Waals surface area contributed by atoms with E-state index in [-0.39, 0.29) is 11.7 Å². The van der Waals surface area contributed by atoms with E-state index in [2.05, 4.69) is 6.92 Å². The van der Waals surface area contributed by atoms with E-state index in [1.165, 1.54) is 0 Å². The highest BCUT2D eigenvalue weighted by Crippen LogP contribution is 2.21. The van der Waals surface area contributed by atoms with Gasteiger partial charge in [0.05, 0.1) is 13.0 Å². The van der Waals surface area contributed by atoms with E-state index in [9.17, 15) is 4.79 Å². The second-order valence-corrected chi connectivity index (χ2v) is 8.73. The SMILES string of the molecule is CCO[Si](CC)(OCC)C1CC[NH+]1C(=O)N(CC)CC. The first-order chi connectivity index (χ1) is 9.60. The van der Waals surface area contributed by atoms with Gasteiger partial charge < -0.3 is 8.85 Å². The third-order valence-electron chi connectivity index (χ3n) is 4.25. The minimum absolute atomic E-state index is 0.219. The lowest BCUT2D eigenvalue weighted by Crippen LogP contribution is -3.27. The van der Waals surface area contributed by atoms with Gasteiger partial charge in [0.25, 0.3) is 0 Å². The minimum atomic E-state index is -2.27. The first kappa shape index (κ1) is 17.6. The normalized spacial score (nSPS) is 22.4. The Kier molecular flexibility index (Phi) is 7.15. The van der Waals surface area contributed by atoms with Crippen molar-refractivity contribution in [3.63, 3.8) is 0 Å². The number of nitrogens with zero attached hydrogens (tertiary/aromatic N) is 1. The van der Waals surface area contributed by atoms with Crippen LogP contribution in [0.5, 0.6) is 0 Å². The zero-order chi connectivity index (χ0) is 15.2. The van der Waals surface area contributed by atoms with E-state index in [0.717, 1.165) is 37.0 Å². The van der Waals surface area contributed by atoms with Gasteiger partial charge in [-0.2, -0.15) is 0 Å². The second kappa shape index (κ2) is 8.12. The van der Waals surface area contributed by atoms with Gasteiger partial charge in [0.1, 0.15) is 5.67 Å². The van der Waals surface area contributed by atoms with Gasteiger partial charge in [0.15, 0.2) is 0 Å². The second-order valence-electron chi connectivity index (χ2n) is 5.13. The quantitative estimate of drug-likeness (QED) is 0.685. The fourth-order valence-electron chi connectivity index (χ4n) is 3.07. The number of rotatable bonds is 8. The average molecular weight is 303 g/mol. The van der Waals surface area contributed by atoms with Crippen LogP contribution in [0.3, 0.4) is 0 Å². The molecule has 2 unspecified atom stereocenters. The van der Waals surface area contributed by atoms with E-state index in [1.54, 1.807) is 0 Å². The van der Waals surface area contributed by atoms with Crippen LogP contribution in [0.15, 0.2) is 0 Å². The topological polar surface area (TPSA) is 43.2 Å². The molecule has 0 spiro atoms. The molecule has 1 fully saturated rings. The number of amides is 2. The lowest BCUT2D eigenvalue weighted by atomic mass is 10.2. The predicted molar refractivity (Wildman–Crippen MR) is 82.0 cm³/mol. The molecular weight excluding hydrogens is 272 g/mol. The molecule has 0 aliphatic carbocycles. The number of nitrogens with one attached hydrogen (secondary N) is 1. The van der Waals surface area contributed by atoms with Crippen LogP contribution in [0.4, 0.5) is 4.79 Å². The summed E-state index contributed by atoms with van der Waals surface area (Å²) >= 11 is 0. The first-order valence-corrected chi connectivity index (χ1v) is 10.1. The standard InChI is InChI=1S/C14H30N2O3Si/c1-6-15(7-2)14(17)16-12-11-13(16)20(10-5,18-8-3)19-9-4/h13H,6-12H2,1-5H3/p+1. The van der Waals surface area contributed by atoms with Crippen LogP contribution >= 0.6 is 0 Å². The molecule has 1 heterocycles. The van der Waals surface area contributed by atoms with Gasteiger partial charge in [-0.15, -0.1) is 0 Å². The zero-order valence-corrected chi connectivity index (χ0v) is 14.7. The molecule has 1 N–H and O–H groups in total. The molecule has 20 heavy (non-hydrogen) atoms. The summed E-state index contributed by atoms with van der Waals surface area (Å²) in [6.45, 7) is 14.0. The molecule has 1 aliphatic heterocycles. The van der Waals surface area contributed by atoms with Crippen LogP contribution in [0.25, 0.3) is 0 Å². The number of urea groups is 1. The number of hydrogen-bond acceptors (Lipinski definition) is 3. The minimum Gasteiger partial charge on any atom is -0.391 e. The highest BCUT2D eigenvalue weighted by molar-refractivity contribution is 6.68. The Morgan fingerprint density at radius 3 is 2.00 bits per heavy atom. The van der Waals surface area contributed by atoms with Gasteiger partial charge in [-0.05, 0) is 33.7 Å². The molecule has 1 saturated heterocycles. The van der Waals surface area contributed by atoms with Gasteiger partial charge in [0.2, 0.25) is 0 Å².